The lowest BCUT2D eigenvalue weighted by Gasteiger charge is -2.28. The molecule has 4 N–H and O–H groups in total. The highest BCUT2D eigenvalue weighted by atomic mass is 32.2. The minimum absolute atomic E-state index is 0.0431. The number of allylic oxidation sites excluding steroid dienone is 2. The van der Waals surface area contributed by atoms with Crippen LogP contribution in [0.5, 0.6) is 0 Å². The molecule has 20 heavy (non-hydrogen) atoms. The van der Waals surface area contributed by atoms with Crippen molar-refractivity contribution in [2.75, 3.05) is 0 Å². The molecule has 0 fully saturated rings. The van der Waals surface area contributed by atoms with Crippen LogP contribution in [-0.4, -0.2) is 0 Å². The van der Waals surface area contributed by atoms with Crippen LogP contribution >= 0.6 is 11.8 Å². The molecular formula is C15H14N4S. The summed E-state index contributed by atoms with van der Waals surface area (Å²) in [6.45, 7) is 1.98. The van der Waals surface area contributed by atoms with Gasteiger partial charge in [-0.3, -0.25) is 0 Å². The van der Waals surface area contributed by atoms with Gasteiger partial charge in [-0.1, -0.05) is 49.0 Å². The van der Waals surface area contributed by atoms with Gasteiger partial charge in [-0.25, -0.2) is 0 Å². The quantitative estimate of drug-likeness (QED) is 0.868. The van der Waals surface area contributed by atoms with Crippen molar-refractivity contribution in [2.24, 2.45) is 17.4 Å². The number of hydrogen-bond donors (Lipinski definition) is 2. The highest BCUT2D eigenvalue weighted by molar-refractivity contribution is 8.06. The maximum absolute atomic E-state index is 9.35. The number of benzene rings is 1. The molecule has 5 heteroatoms. The van der Waals surface area contributed by atoms with E-state index < -0.39 is 0 Å². The van der Waals surface area contributed by atoms with Crippen molar-refractivity contribution in [2.45, 2.75) is 12.8 Å². The number of thioether (sulfide) groups is 1. The van der Waals surface area contributed by atoms with Crippen molar-refractivity contribution in [1.29, 1.82) is 10.5 Å². The van der Waals surface area contributed by atoms with Gasteiger partial charge >= 0.3 is 0 Å². The molecule has 1 aliphatic rings. The van der Waals surface area contributed by atoms with Gasteiger partial charge in [0.2, 0.25) is 0 Å². The predicted molar refractivity (Wildman–Crippen MR) is 79.6 cm³/mol. The summed E-state index contributed by atoms with van der Waals surface area (Å²) in [6, 6.07) is 14.0. The van der Waals surface area contributed by atoms with E-state index in [0.29, 0.717) is 21.2 Å². The van der Waals surface area contributed by atoms with Crippen molar-refractivity contribution in [3.8, 4) is 12.1 Å². The number of rotatable bonds is 2. The van der Waals surface area contributed by atoms with Gasteiger partial charge in [-0.05, 0) is 11.5 Å². The molecule has 4 nitrogen and oxygen atoms in total. The van der Waals surface area contributed by atoms with Crippen molar-refractivity contribution in [3.63, 3.8) is 0 Å². The monoisotopic (exact) mass is 282 g/mol. The van der Waals surface area contributed by atoms with Crippen LogP contribution in [0.25, 0.3) is 0 Å². The molecule has 2 rings (SSSR count). The molecule has 0 aromatic heterocycles. The Morgan fingerprint density at radius 2 is 1.55 bits per heavy atom. The minimum atomic E-state index is -0.381. The Hall–Kier alpha value is -2.37. The van der Waals surface area contributed by atoms with Gasteiger partial charge in [0.25, 0.3) is 0 Å². The van der Waals surface area contributed by atoms with Gasteiger partial charge in [0.15, 0.2) is 0 Å². The van der Waals surface area contributed by atoms with E-state index in [4.69, 9.17) is 11.5 Å². The molecule has 0 saturated carbocycles. The Bertz CT molecular complexity index is 625. The summed E-state index contributed by atoms with van der Waals surface area (Å²) >= 11 is 1.09. The van der Waals surface area contributed by atoms with Gasteiger partial charge in [-0.2, -0.15) is 10.5 Å². The molecule has 0 unspecified atom stereocenters. The van der Waals surface area contributed by atoms with Gasteiger partial charge in [0.1, 0.15) is 0 Å². The molecular weight excluding hydrogens is 268 g/mol. The molecule has 1 atom stereocenters. The molecule has 100 valence electrons. The zero-order valence-electron chi connectivity index (χ0n) is 11.0. The molecule has 1 aromatic carbocycles. The highest BCUT2D eigenvalue weighted by Crippen LogP contribution is 2.43. The minimum Gasteiger partial charge on any atom is -0.392 e. The molecule has 0 spiro atoms. The fourth-order valence-corrected chi connectivity index (χ4v) is 3.18. The first-order valence-corrected chi connectivity index (χ1v) is 6.94. The second kappa shape index (κ2) is 5.73. The van der Waals surface area contributed by atoms with E-state index in [0.717, 1.165) is 17.3 Å². The van der Waals surface area contributed by atoms with Gasteiger partial charge in [0.05, 0.1) is 33.3 Å². The first-order chi connectivity index (χ1) is 9.60. The van der Waals surface area contributed by atoms with Gasteiger partial charge < -0.3 is 11.5 Å². The molecule has 1 heterocycles. The standard InChI is InChI=1S/C15H14N4S/c1-9(10-5-3-2-4-6-10)13-11(7-16)14(18)20-15(19)12(13)8-17/h2-6,9,13H,18-19H2,1H3/t9-/m0/s1. The maximum Gasteiger partial charge on any atom is 0.0981 e. The van der Waals surface area contributed by atoms with E-state index in [1.165, 1.54) is 0 Å². The number of nitrogens with zero attached hydrogens (tertiary/aromatic N) is 2. The van der Waals surface area contributed by atoms with Crippen molar-refractivity contribution >= 4 is 11.8 Å². The summed E-state index contributed by atoms with van der Waals surface area (Å²) in [5.41, 5.74) is 13.7. The van der Waals surface area contributed by atoms with Gasteiger partial charge in [-0.15, -0.1) is 0 Å². The lowest BCUT2D eigenvalue weighted by Crippen LogP contribution is -2.23. The summed E-state index contributed by atoms with van der Waals surface area (Å²) in [6.07, 6.45) is 0. The van der Waals surface area contributed by atoms with Crippen LogP contribution in [-0.2, 0) is 0 Å². The predicted octanol–water partition coefficient (Wildman–Crippen LogP) is 2.54. The molecule has 0 amide bonds. The Balaban J connectivity index is 2.53. The Labute approximate surface area is 122 Å². The number of nitriles is 2. The second-order valence-corrected chi connectivity index (χ2v) is 5.64. The zero-order chi connectivity index (χ0) is 14.7. The Kier molecular flexibility index (Phi) is 4.02. The first kappa shape index (κ1) is 14.0. The first-order valence-electron chi connectivity index (χ1n) is 6.12. The third kappa shape index (κ3) is 2.36. The average molecular weight is 282 g/mol. The van der Waals surface area contributed by atoms with Crippen molar-refractivity contribution in [3.05, 3.63) is 57.1 Å². The van der Waals surface area contributed by atoms with Crippen LogP contribution < -0.4 is 11.5 Å². The van der Waals surface area contributed by atoms with Crippen LogP contribution in [0.2, 0.25) is 0 Å². The van der Waals surface area contributed by atoms with E-state index in [1.807, 2.05) is 37.3 Å². The molecule has 0 bridgehead atoms. The summed E-state index contributed by atoms with van der Waals surface area (Å²) in [7, 11) is 0. The van der Waals surface area contributed by atoms with E-state index >= 15 is 0 Å². The lowest BCUT2D eigenvalue weighted by atomic mass is 9.78. The molecule has 0 saturated heterocycles. The number of nitrogens with two attached hydrogens (primary N) is 2. The third-order valence-electron chi connectivity index (χ3n) is 3.44. The van der Waals surface area contributed by atoms with Crippen molar-refractivity contribution < 1.29 is 0 Å². The van der Waals surface area contributed by atoms with Crippen LogP contribution in [0.4, 0.5) is 0 Å². The highest BCUT2D eigenvalue weighted by Gasteiger charge is 2.34. The largest absolute Gasteiger partial charge is 0.392 e. The molecule has 0 aliphatic carbocycles. The van der Waals surface area contributed by atoms with Crippen molar-refractivity contribution in [1.82, 2.24) is 0 Å². The van der Waals surface area contributed by atoms with Crippen LogP contribution in [0.3, 0.4) is 0 Å². The smallest absolute Gasteiger partial charge is 0.0981 e. The van der Waals surface area contributed by atoms with Gasteiger partial charge in [0, 0.05) is 5.92 Å². The third-order valence-corrected chi connectivity index (χ3v) is 4.32. The van der Waals surface area contributed by atoms with Crippen LogP contribution in [0.1, 0.15) is 18.4 Å². The van der Waals surface area contributed by atoms with E-state index in [1.54, 1.807) is 0 Å². The topological polar surface area (TPSA) is 99.6 Å². The SMILES string of the molecule is C[C@@H](c1ccccc1)C1C(C#N)=C(N)SC(N)=C1C#N. The normalized spacial score (nSPS) is 17.6. The Morgan fingerprint density at radius 1 is 1.05 bits per heavy atom. The second-order valence-electron chi connectivity index (χ2n) is 4.56. The van der Waals surface area contributed by atoms with E-state index in [9.17, 15) is 10.5 Å². The van der Waals surface area contributed by atoms with Crippen LogP contribution in [0.15, 0.2) is 51.5 Å². The average Bonchev–Trinajstić information content (AvgIpc) is 2.46. The van der Waals surface area contributed by atoms with E-state index in [-0.39, 0.29) is 11.8 Å². The summed E-state index contributed by atoms with van der Waals surface area (Å²) in [5, 5.41) is 19.5. The summed E-state index contributed by atoms with van der Waals surface area (Å²) < 4.78 is 0. The molecule has 1 aromatic rings. The zero-order valence-corrected chi connectivity index (χ0v) is 11.8. The molecule has 1 aliphatic heterocycles. The van der Waals surface area contributed by atoms with E-state index in [2.05, 4.69) is 12.1 Å². The summed E-state index contributed by atoms with van der Waals surface area (Å²) in [4.78, 5) is 0. The Morgan fingerprint density at radius 3 is 2.00 bits per heavy atom. The summed E-state index contributed by atoms with van der Waals surface area (Å²) in [5.74, 6) is -0.424. The van der Waals surface area contributed by atoms with Crippen LogP contribution in [0, 0.1) is 28.6 Å². The maximum atomic E-state index is 9.35. The number of hydrogen-bond acceptors (Lipinski definition) is 5. The molecule has 0 radical (unpaired) electrons. The fraction of sp³-hybridized carbons (Fsp3) is 0.200. The lowest BCUT2D eigenvalue weighted by molar-refractivity contribution is 0.604. The fourth-order valence-electron chi connectivity index (χ4n) is 2.38.